The van der Waals surface area contributed by atoms with Gasteiger partial charge in [-0.05, 0) is 35.8 Å². The first-order valence-corrected chi connectivity index (χ1v) is 10.8. The van der Waals surface area contributed by atoms with E-state index in [0.717, 1.165) is 10.4 Å². The molecule has 12 heteroatoms. The Hall–Kier alpha value is -1.49. The lowest BCUT2D eigenvalue weighted by molar-refractivity contribution is -0.142. The summed E-state index contributed by atoms with van der Waals surface area (Å²) in [7, 11) is 1.51. The molecule has 1 aliphatic heterocycles. The van der Waals surface area contributed by atoms with Gasteiger partial charge in [0, 0.05) is 31.7 Å². The van der Waals surface area contributed by atoms with E-state index in [0.29, 0.717) is 41.7 Å². The Kier molecular flexibility index (Phi) is 7.15. The van der Waals surface area contributed by atoms with Crippen LogP contribution in [-0.2, 0) is 11.0 Å². The number of alkyl halides is 3. The predicted octanol–water partition coefficient (Wildman–Crippen LogP) is 5.20. The van der Waals surface area contributed by atoms with Gasteiger partial charge in [0.05, 0.1) is 33.0 Å². The number of aromatic nitrogens is 2. The zero-order valence-electron chi connectivity index (χ0n) is 16.9. The van der Waals surface area contributed by atoms with Crippen molar-refractivity contribution in [3.63, 3.8) is 0 Å². The van der Waals surface area contributed by atoms with E-state index in [4.69, 9.17) is 27.9 Å². The number of anilines is 1. The van der Waals surface area contributed by atoms with Crippen LogP contribution in [0, 0.1) is 6.92 Å². The van der Waals surface area contributed by atoms with Crippen molar-refractivity contribution >= 4 is 51.1 Å². The highest BCUT2D eigenvalue weighted by atomic mass is 79.9. The Labute approximate surface area is 196 Å². The molecular formula is C19H20BrCl2F3N4O2. The number of benzene rings is 1. The fourth-order valence-corrected chi connectivity index (χ4v) is 4.78. The van der Waals surface area contributed by atoms with Crippen molar-refractivity contribution in [2.24, 2.45) is 0 Å². The molecule has 1 aromatic heterocycles. The summed E-state index contributed by atoms with van der Waals surface area (Å²) in [4.78, 5) is 15.8. The predicted molar refractivity (Wildman–Crippen MR) is 116 cm³/mol. The number of piperazine rings is 1. The van der Waals surface area contributed by atoms with E-state index < -0.39 is 18.0 Å². The molecule has 1 aliphatic rings. The van der Waals surface area contributed by atoms with Crippen LogP contribution < -0.4 is 9.64 Å². The van der Waals surface area contributed by atoms with Crippen molar-refractivity contribution < 1.29 is 22.7 Å². The van der Waals surface area contributed by atoms with Gasteiger partial charge in [0.2, 0.25) is 0 Å². The number of methoxy groups -OCH3 is 1. The monoisotopic (exact) mass is 542 g/mol. The van der Waals surface area contributed by atoms with Gasteiger partial charge in [0.25, 0.3) is 0 Å². The number of rotatable bonds is 5. The van der Waals surface area contributed by atoms with E-state index in [9.17, 15) is 18.0 Å². The van der Waals surface area contributed by atoms with Crippen LogP contribution in [0.1, 0.15) is 24.5 Å². The van der Waals surface area contributed by atoms with Crippen LogP contribution in [0.3, 0.4) is 0 Å². The Morgan fingerprint density at radius 3 is 2.48 bits per heavy atom. The van der Waals surface area contributed by atoms with Gasteiger partial charge in [0.1, 0.15) is 5.75 Å². The summed E-state index contributed by atoms with van der Waals surface area (Å²) in [6.07, 6.45) is -4.99. The Morgan fingerprint density at radius 2 is 1.97 bits per heavy atom. The molecule has 1 unspecified atom stereocenters. The van der Waals surface area contributed by atoms with Crippen molar-refractivity contribution in [1.29, 1.82) is 0 Å². The molecule has 0 N–H and O–H groups in total. The van der Waals surface area contributed by atoms with E-state index in [2.05, 4.69) is 21.0 Å². The number of hydrogen-bond acceptors (Lipinski definition) is 5. The molecule has 0 bridgehead atoms. The normalized spacial score (nSPS) is 18.9. The molecule has 3 rings (SSSR count). The first-order chi connectivity index (χ1) is 14.5. The lowest BCUT2D eigenvalue weighted by Crippen LogP contribution is -2.54. The van der Waals surface area contributed by atoms with Crippen LogP contribution in [0.4, 0.5) is 18.9 Å². The minimum absolute atomic E-state index is 0.168. The third-order valence-electron chi connectivity index (χ3n) is 5.30. The molecule has 0 aliphatic carbocycles. The minimum Gasteiger partial charge on any atom is -0.495 e. The molecule has 31 heavy (non-hydrogen) atoms. The highest BCUT2D eigenvalue weighted by Gasteiger charge is 2.40. The van der Waals surface area contributed by atoms with E-state index in [-0.39, 0.29) is 16.2 Å². The van der Waals surface area contributed by atoms with Crippen molar-refractivity contribution in [3.8, 4) is 5.75 Å². The van der Waals surface area contributed by atoms with Crippen LogP contribution in [0.15, 0.2) is 16.6 Å². The molecule has 2 atom stereocenters. The van der Waals surface area contributed by atoms with Crippen LogP contribution in [0.2, 0.25) is 10.0 Å². The summed E-state index contributed by atoms with van der Waals surface area (Å²) >= 11 is 15.4. The molecule has 2 aromatic rings. The molecule has 170 valence electrons. The number of carbonyl (C=O) groups is 1. The number of halogens is 6. The smallest absolute Gasteiger partial charge is 0.436 e. The fourth-order valence-electron chi connectivity index (χ4n) is 3.71. The van der Waals surface area contributed by atoms with Gasteiger partial charge in [-0.2, -0.15) is 18.3 Å². The van der Waals surface area contributed by atoms with E-state index in [1.165, 1.54) is 14.0 Å². The largest absolute Gasteiger partial charge is 0.495 e. The molecule has 0 amide bonds. The standard InChI is InChI=1S/C19H20BrCl2F3N4O2/c1-10-8-27(14-7-15(31-3)13(22)6-12(14)21)4-5-28(10)16(9-30)29-11(2)17(20)18(26-29)19(23,24)25/h6-7,9-10,16H,4-5,8H2,1-3H3/t10-,16?/m0/s1. The topological polar surface area (TPSA) is 50.6 Å². The molecular weight excluding hydrogens is 524 g/mol. The van der Waals surface area contributed by atoms with Gasteiger partial charge < -0.3 is 9.64 Å². The minimum atomic E-state index is -4.63. The van der Waals surface area contributed by atoms with Crippen molar-refractivity contribution in [2.75, 3.05) is 31.6 Å². The van der Waals surface area contributed by atoms with Crippen LogP contribution >= 0.6 is 39.1 Å². The van der Waals surface area contributed by atoms with Gasteiger partial charge in [-0.1, -0.05) is 23.2 Å². The van der Waals surface area contributed by atoms with Crippen molar-refractivity contribution in [3.05, 3.63) is 38.0 Å². The molecule has 0 saturated carbocycles. The molecule has 6 nitrogen and oxygen atoms in total. The Balaban J connectivity index is 1.86. The maximum Gasteiger partial charge on any atom is 0.436 e. The average Bonchev–Trinajstić information content (AvgIpc) is 2.99. The number of ether oxygens (including phenoxy) is 1. The summed E-state index contributed by atoms with van der Waals surface area (Å²) in [5, 5.41) is 4.54. The zero-order valence-corrected chi connectivity index (χ0v) is 20.0. The quantitative estimate of drug-likeness (QED) is 0.485. The first-order valence-electron chi connectivity index (χ1n) is 9.30. The lowest BCUT2D eigenvalue weighted by atomic mass is 10.1. The second-order valence-electron chi connectivity index (χ2n) is 7.21. The van der Waals surface area contributed by atoms with Gasteiger partial charge in [0.15, 0.2) is 18.1 Å². The van der Waals surface area contributed by atoms with Crippen LogP contribution in [0.5, 0.6) is 5.75 Å². The molecule has 1 fully saturated rings. The maximum atomic E-state index is 13.2. The molecule has 1 saturated heterocycles. The average molecular weight is 544 g/mol. The highest BCUT2D eigenvalue weighted by molar-refractivity contribution is 9.10. The molecule has 1 aromatic carbocycles. The second-order valence-corrected chi connectivity index (χ2v) is 8.82. The van der Waals surface area contributed by atoms with Gasteiger partial charge in [-0.3, -0.25) is 9.69 Å². The third-order valence-corrected chi connectivity index (χ3v) is 6.85. The molecule has 0 spiro atoms. The number of aldehydes is 1. The van der Waals surface area contributed by atoms with E-state index in [1.807, 2.05) is 16.7 Å². The number of hydrogen-bond donors (Lipinski definition) is 0. The van der Waals surface area contributed by atoms with Crippen LogP contribution in [-0.4, -0.2) is 53.8 Å². The highest BCUT2D eigenvalue weighted by Crippen LogP contribution is 2.39. The number of carbonyl (C=O) groups excluding carboxylic acids is 1. The van der Waals surface area contributed by atoms with Crippen LogP contribution in [0.25, 0.3) is 0 Å². The Morgan fingerprint density at radius 1 is 1.29 bits per heavy atom. The molecule has 2 heterocycles. The van der Waals surface area contributed by atoms with Crippen molar-refractivity contribution in [2.45, 2.75) is 32.2 Å². The second kappa shape index (κ2) is 9.17. The summed E-state index contributed by atoms with van der Waals surface area (Å²) in [6.45, 7) is 4.77. The van der Waals surface area contributed by atoms with Crippen molar-refractivity contribution in [1.82, 2.24) is 14.7 Å². The summed E-state index contributed by atoms with van der Waals surface area (Å²) in [5.74, 6) is 0.485. The fraction of sp³-hybridized carbons (Fsp3) is 0.474. The van der Waals surface area contributed by atoms with Gasteiger partial charge in [-0.25, -0.2) is 4.68 Å². The third kappa shape index (κ3) is 4.67. The summed E-state index contributed by atoms with van der Waals surface area (Å²) < 4.78 is 46.0. The summed E-state index contributed by atoms with van der Waals surface area (Å²) in [6, 6.07) is 3.17. The van der Waals surface area contributed by atoms with Gasteiger partial charge >= 0.3 is 6.18 Å². The van der Waals surface area contributed by atoms with E-state index in [1.54, 1.807) is 12.1 Å². The number of nitrogens with zero attached hydrogens (tertiary/aromatic N) is 4. The lowest BCUT2D eigenvalue weighted by Gasteiger charge is -2.43. The molecule has 0 radical (unpaired) electrons. The SMILES string of the molecule is COc1cc(N2CCN(C(C=O)n3nc(C(F)(F)F)c(Br)c3C)[C@@H](C)C2)c(Cl)cc1Cl. The van der Waals surface area contributed by atoms with Gasteiger partial charge in [-0.15, -0.1) is 0 Å². The zero-order chi connectivity index (χ0) is 23.1. The Bertz CT molecular complexity index is 986. The summed E-state index contributed by atoms with van der Waals surface area (Å²) in [5.41, 5.74) is -0.0952. The van der Waals surface area contributed by atoms with E-state index >= 15 is 0 Å². The maximum absolute atomic E-state index is 13.2. The first kappa shape index (κ1) is 24.2.